The Hall–Kier alpha value is -0.450. The van der Waals surface area contributed by atoms with E-state index in [4.69, 9.17) is 10.5 Å². The number of nitrogens with two attached hydrogens (primary N) is 1. The fraction of sp³-hybridized carbons (Fsp3) is 0.500. The van der Waals surface area contributed by atoms with E-state index in [1.165, 1.54) is 0 Å². The monoisotopic (exact) mass is 256 g/mol. The lowest BCUT2D eigenvalue weighted by molar-refractivity contribution is 0.181. The lowest BCUT2D eigenvalue weighted by atomic mass is 9.94. The number of aromatic nitrogens is 1. The number of ether oxygens (including phenoxy) is 1. The maximum Gasteiger partial charge on any atom is 0.0513 e. The van der Waals surface area contributed by atoms with Gasteiger partial charge in [0.2, 0.25) is 0 Å². The lowest BCUT2D eigenvalue weighted by Crippen LogP contribution is -2.21. The van der Waals surface area contributed by atoms with Gasteiger partial charge >= 0.3 is 0 Å². The van der Waals surface area contributed by atoms with Crippen LogP contribution >= 0.6 is 15.9 Å². The molecule has 2 rings (SSSR count). The summed E-state index contributed by atoms with van der Waals surface area (Å²) in [6.45, 7) is 1.60. The van der Waals surface area contributed by atoms with Crippen molar-refractivity contribution in [3.63, 3.8) is 0 Å². The molecule has 3 nitrogen and oxygen atoms in total. The van der Waals surface area contributed by atoms with Gasteiger partial charge < -0.3 is 10.5 Å². The molecule has 1 fully saturated rings. The van der Waals surface area contributed by atoms with Gasteiger partial charge in [-0.3, -0.25) is 4.98 Å². The SMILES string of the molecule is NC(c1cncc(Br)c1)C1CCOC1. The Balaban J connectivity index is 2.13. The Bertz CT molecular complexity index is 313. The second kappa shape index (κ2) is 4.38. The van der Waals surface area contributed by atoms with Gasteiger partial charge in [-0.25, -0.2) is 0 Å². The van der Waals surface area contributed by atoms with E-state index in [0.29, 0.717) is 5.92 Å². The first-order chi connectivity index (χ1) is 6.77. The number of hydrogen-bond donors (Lipinski definition) is 1. The molecule has 0 bridgehead atoms. The molecule has 0 spiro atoms. The maximum atomic E-state index is 6.13. The van der Waals surface area contributed by atoms with Crippen molar-refractivity contribution in [3.05, 3.63) is 28.5 Å². The third-order valence-electron chi connectivity index (χ3n) is 2.58. The standard InChI is InChI=1S/C10H13BrN2O/c11-9-3-8(4-13-5-9)10(12)7-1-2-14-6-7/h3-5,7,10H,1-2,6,12H2. The molecule has 76 valence electrons. The minimum absolute atomic E-state index is 0.0440. The molecule has 1 saturated heterocycles. The number of hydrogen-bond acceptors (Lipinski definition) is 3. The molecule has 0 saturated carbocycles. The van der Waals surface area contributed by atoms with Gasteiger partial charge in [-0.1, -0.05) is 0 Å². The predicted octanol–water partition coefficient (Wildman–Crippen LogP) is 1.88. The van der Waals surface area contributed by atoms with E-state index in [-0.39, 0.29) is 6.04 Å². The van der Waals surface area contributed by atoms with E-state index in [1.807, 2.05) is 12.3 Å². The number of nitrogens with zero attached hydrogens (tertiary/aromatic N) is 1. The molecule has 1 aromatic rings. The van der Waals surface area contributed by atoms with E-state index in [9.17, 15) is 0 Å². The minimum Gasteiger partial charge on any atom is -0.381 e. The number of pyridine rings is 1. The Kier molecular flexibility index (Phi) is 3.15. The van der Waals surface area contributed by atoms with Crippen molar-refractivity contribution < 1.29 is 4.74 Å². The summed E-state index contributed by atoms with van der Waals surface area (Å²) in [5.41, 5.74) is 7.21. The normalized spacial score (nSPS) is 23.7. The summed E-state index contributed by atoms with van der Waals surface area (Å²) >= 11 is 3.39. The highest BCUT2D eigenvalue weighted by molar-refractivity contribution is 9.10. The molecule has 2 unspecified atom stereocenters. The molecule has 1 aliphatic heterocycles. The maximum absolute atomic E-state index is 6.13. The molecular formula is C10H13BrN2O. The van der Waals surface area contributed by atoms with Crippen LogP contribution in [0.5, 0.6) is 0 Å². The van der Waals surface area contributed by atoms with Crippen LogP contribution in [0.25, 0.3) is 0 Å². The average Bonchev–Trinajstić information content (AvgIpc) is 2.69. The van der Waals surface area contributed by atoms with Crippen LogP contribution in [-0.4, -0.2) is 18.2 Å². The molecule has 1 aromatic heterocycles. The van der Waals surface area contributed by atoms with Gasteiger partial charge in [-0.2, -0.15) is 0 Å². The van der Waals surface area contributed by atoms with Crippen molar-refractivity contribution >= 4 is 15.9 Å². The Morgan fingerprint density at radius 3 is 3.07 bits per heavy atom. The lowest BCUT2D eigenvalue weighted by Gasteiger charge is -2.17. The molecule has 2 atom stereocenters. The molecule has 4 heteroatoms. The van der Waals surface area contributed by atoms with E-state index < -0.39 is 0 Å². The summed E-state index contributed by atoms with van der Waals surface area (Å²) < 4.78 is 6.29. The predicted molar refractivity (Wildman–Crippen MR) is 57.8 cm³/mol. The van der Waals surface area contributed by atoms with E-state index in [1.54, 1.807) is 6.20 Å². The highest BCUT2D eigenvalue weighted by Gasteiger charge is 2.24. The zero-order valence-corrected chi connectivity index (χ0v) is 9.40. The van der Waals surface area contributed by atoms with Crippen molar-refractivity contribution in [3.8, 4) is 0 Å². The minimum atomic E-state index is 0.0440. The molecule has 0 radical (unpaired) electrons. The van der Waals surface area contributed by atoms with Gasteiger partial charge in [0, 0.05) is 35.4 Å². The zero-order valence-electron chi connectivity index (χ0n) is 7.82. The second-order valence-corrected chi connectivity index (χ2v) is 4.50. The highest BCUT2D eigenvalue weighted by Crippen LogP contribution is 2.27. The molecule has 0 aromatic carbocycles. The van der Waals surface area contributed by atoms with E-state index in [2.05, 4.69) is 20.9 Å². The van der Waals surface area contributed by atoms with E-state index in [0.717, 1.165) is 29.7 Å². The van der Waals surface area contributed by atoms with Gasteiger partial charge in [0.15, 0.2) is 0 Å². The fourth-order valence-electron chi connectivity index (χ4n) is 1.72. The summed E-state index contributed by atoms with van der Waals surface area (Å²) in [6.07, 6.45) is 4.64. The molecule has 0 amide bonds. The quantitative estimate of drug-likeness (QED) is 0.879. The third kappa shape index (κ3) is 2.13. The average molecular weight is 257 g/mol. The van der Waals surface area contributed by atoms with Crippen molar-refractivity contribution in [1.82, 2.24) is 4.98 Å². The van der Waals surface area contributed by atoms with Crippen molar-refractivity contribution in [1.29, 1.82) is 0 Å². The van der Waals surface area contributed by atoms with Crippen LogP contribution < -0.4 is 5.73 Å². The topological polar surface area (TPSA) is 48.1 Å². The van der Waals surface area contributed by atoms with Gasteiger partial charge in [0.25, 0.3) is 0 Å². The van der Waals surface area contributed by atoms with Crippen molar-refractivity contribution in [2.45, 2.75) is 12.5 Å². The van der Waals surface area contributed by atoms with Crippen LogP contribution in [0.1, 0.15) is 18.0 Å². The highest BCUT2D eigenvalue weighted by atomic mass is 79.9. The van der Waals surface area contributed by atoms with Crippen molar-refractivity contribution in [2.24, 2.45) is 11.7 Å². The first-order valence-electron chi connectivity index (χ1n) is 4.71. The van der Waals surface area contributed by atoms with Crippen LogP contribution in [-0.2, 0) is 4.74 Å². The Morgan fingerprint density at radius 1 is 1.57 bits per heavy atom. The van der Waals surface area contributed by atoms with Gasteiger partial charge in [0.05, 0.1) is 6.61 Å². The molecule has 2 heterocycles. The van der Waals surface area contributed by atoms with Gasteiger partial charge in [0.1, 0.15) is 0 Å². The smallest absolute Gasteiger partial charge is 0.0513 e. The first kappa shape index (κ1) is 10.1. The zero-order chi connectivity index (χ0) is 9.97. The van der Waals surface area contributed by atoms with Crippen LogP contribution in [0.3, 0.4) is 0 Å². The summed E-state index contributed by atoms with van der Waals surface area (Å²) in [5, 5.41) is 0. The number of rotatable bonds is 2. The summed E-state index contributed by atoms with van der Waals surface area (Å²) in [5.74, 6) is 0.436. The van der Waals surface area contributed by atoms with Gasteiger partial charge in [-0.05, 0) is 34.0 Å². The largest absolute Gasteiger partial charge is 0.381 e. The summed E-state index contributed by atoms with van der Waals surface area (Å²) in [7, 11) is 0. The van der Waals surface area contributed by atoms with Crippen LogP contribution in [0.4, 0.5) is 0 Å². The van der Waals surface area contributed by atoms with Crippen LogP contribution in [0, 0.1) is 5.92 Å². The first-order valence-corrected chi connectivity index (χ1v) is 5.50. The summed E-state index contributed by atoms with van der Waals surface area (Å²) in [6, 6.07) is 2.07. The molecule has 2 N–H and O–H groups in total. The van der Waals surface area contributed by atoms with Gasteiger partial charge in [-0.15, -0.1) is 0 Å². The molecular weight excluding hydrogens is 244 g/mol. The Morgan fingerprint density at radius 2 is 2.43 bits per heavy atom. The summed E-state index contributed by atoms with van der Waals surface area (Å²) in [4.78, 5) is 4.11. The van der Waals surface area contributed by atoms with E-state index >= 15 is 0 Å². The third-order valence-corrected chi connectivity index (χ3v) is 3.02. The van der Waals surface area contributed by atoms with Crippen LogP contribution in [0.2, 0.25) is 0 Å². The van der Waals surface area contributed by atoms with Crippen LogP contribution in [0.15, 0.2) is 22.9 Å². The molecule has 1 aliphatic rings. The molecule has 14 heavy (non-hydrogen) atoms. The van der Waals surface area contributed by atoms with Crippen molar-refractivity contribution in [2.75, 3.05) is 13.2 Å². The number of halogens is 1. The second-order valence-electron chi connectivity index (χ2n) is 3.59. The fourth-order valence-corrected chi connectivity index (χ4v) is 2.10. The molecule has 0 aliphatic carbocycles. The Labute approximate surface area is 91.8 Å².